The summed E-state index contributed by atoms with van der Waals surface area (Å²) in [7, 11) is 0. The standard InChI is InChI=1S/C12H13N3O/c13-7-10-3-1-2-4-11(10)8-15-6-5-14-12(16)9-15/h1-4H,5-6,8-9H2,(H,14,16). The Balaban J connectivity index is 2.09. The summed E-state index contributed by atoms with van der Waals surface area (Å²) < 4.78 is 0. The third-order valence-corrected chi connectivity index (χ3v) is 2.65. The maximum absolute atomic E-state index is 11.2. The molecule has 1 N–H and O–H groups in total. The monoisotopic (exact) mass is 215 g/mol. The van der Waals surface area contributed by atoms with Crippen molar-refractivity contribution in [1.82, 2.24) is 10.2 Å². The van der Waals surface area contributed by atoms with Gasteiger partial charge in [0.15, 0.2) is 0 Å². The van der Waals surface area contributed by atoms with E-state index in [-0.39, 0.29) is 5.91 Å². The first kappa shape index (κ1) is 10.7. The summed E-state index contributed by atoms with van der Waals surface area (Å²) in [6.45, 7) is 2.61. The topological polar surface area (TPSA) is 56.1 Å². The highest BCUT2D eigenvalue weighted by molar-refractivity contribution is 5.78. The quantitative estimate of drug-likeness (QED) is 0.781. The highest BCUT2D eigenvalue weighted by Crippen LogP contribution is 2.11. The molecule has 0 spiro atoms. The van der Waals surface area contributed by atoms with E-state index < -0.39 is 0 Å². The molecule has 0 bridgehead atoms. The van der Waals surface area contributed by atoms with E-state index in [2.05, 4.69) is 16.3 Å². The fourth-order valence-electron chi connectivity index (χ4n) is 1.83. The molecule has 0 radical (unpaired) electrons. The number of nitrogens with one attached hydrogen (secondary N) is 1. The van der Waals surface area contributed by atoms with E-state index in [1.807, 2.05) is 18.2 Å². The molecule has 1 heterocycles. The van der Waals surface area contributed by atoms with Gasteiger partial charge in [-0.25, -0.2) is 0 Å². The van der Waals surface area contributed by atoms with Crippen molar-refractivity contribution in [1.29, 1.82) is 5.26 Å². The highest BCUT2D eigenvalue weighted by atomic mass is 16.2. The van der Waals surface area contributed by atoms with E-state index in [0.717, 1.165) is 12.1 Å². The molecule has 1 amide bonds. The fourth-order valence-corrected chi connectivity index (χ4v) is 1.83. The van der Waals surface area contributed by atoms with Gasteiger partial charge in [-0.3, -0.25) is 9.69 Å². The van der Waals surface area contributed by atoms with Gasteiger partial charge in [0.1, 0.15) is 0 Å². The van der Waals surface area contributed by atoms with Crippen molar-refractivity contribution in [2.45, 2.75) is 6.54 Å². The van der Waals surface area contributed by atoms with E-state index in [0.29, 0.717) is 25.2 Å². The Bertz CT molecular complexity index is 436. The molecule has 0 aliphatic carbocycles. The average molecular weight is 215 g/mol. The third-order valence-electron chi connectivity index (χ3n) is 2.65. The van der Waals surface area contributed by atoms with E-state index in [1.165, 1.54) is 0 Å². The number of carbonyl (C=O) groups excluding carboxylic acids is 1. The highest BCUT2D eigenvalue weighted by Gasteiger charge is 2.16. The van der Waals surface area contributed by atoms with Crippen molar-refractivity contribution < 1.29 is 4.79 Å². The average Bonchev–Trinajstić information content (AvgIpc) is 2.30. The van der Waals surface area contributed by atoms with Crippen LogP contribution in [-0.4, -0.2) is 30.4 Å². The molecule has 1 fully saturated rings. The van der Waals surface area contributed by atoms with Crippen LogP contribution in [0, 0.1) is 11.3 Å². The Morgan fingerprint density at radius 3 is 3.00 bits per heavy atom. The first-order chi connectivity index (χ1) is 7.79. The van der Waals surface area contributed by atoms with Crippen LogP contribution in [0.4, 0.5) is 0 Å². The van der Waals surface area contributed by atoms with E-state index in [1.54, 1.807) is 6.07 Å². The Labute approximate surface area is 94.5 Å². The number of hydrogen-bond acceptors (Lipinski definition) is 3. The summed E-state index contributed by atoms with van der Waals surface area (Å²) in [5.74, 6) is 0.0562. The molecule has 1 saturated heterocycles. The van der Waals surface area contributed by atoms with Crippen LogP contribution in [0.25, 0.3) is 0 Å². The summed E-state index contributed by atoms with van der Waals surface area (Å²) in [5.41, 5.74) is 1.67. The van der Waals surface area contributed by atoms with Gasteiger partial charge in [0, 0.05) is 19.6 Å². The van der Waals surface area contributed by atoms with Crippen LogP contribution in [0.5, 0.6) is 0 Å². The Hall–Kier alpha value is -1.86. The van der Waals surface area contributed by atoms with Gasteiger partial charge in [-0.1, -0.05) is 18.2 Å². The van der Waals surface area contributed by atoms with Crippen molar-refractivity contribution in [3.63, 3.8) is 0 Å². The minimum absolute atomic E-state index is 0.0562. The van der Waals surface area contributed by atoms with Crippen molar-refractivity contribution in [2.24, 2.45) is 0 Å². The maximum Gasteiger partial charge on any atom is 0.234 e. The summed E-state index contributed by atoms with van der Waals surface area (Å²) >= 11 is 0. The first-order valence-corrected chi connectivity index (χ1v) is 5.26. The Morgan fingerprint density at radius 1 is 1.44 bits per heavy atom. The second-order valence-corrected chi connectivity index (χ2v) is 3.83. The van der Waals surface area contributed by atoms with Gasteiger partial charge in [-0.2, -0.15) is 5.26 Å². The molecule has 1 aliphatic rings. The smallest absolute Gasteiger partial charge is 0.234 e. The minimum Gasteiger partial charge on any atom is -0.354 e. The van der Waals surface area contributed by atoms with Gasteiger partial charge in [-0.15, -0.1) is 0 Å². The van der Waals surface area contributed by atoms with Crippen LogP contribution in [0.1, 0.15) is 11.1 Å². The molecule has 2 rings (SSSR count). The van der Waals surface area contributed by atoms with Gasteiger partial charge in [0.25, 0.3) is 0 Å². The largest absolute Gasteiger partial charge is 0.354 e. The number of carbonyl (C=O) groups is 1. The third kappa shape index (κ3) is 2.38. The molecule has 4 heteroatoms. The Morgan fingerprint density at radius 2 is 2.25 bits per heavy atom. The van der Waals surface area contributed by atoms with Gasteiger partial charge < -0.3 is 5.32 Å². The van der Waals surface area contributed by atoms with Gasteiger partial charge in [0.2, 0.25) is 5.91 Å². The molecule has 1 aromatic rings. The first-order valence-electron chi connectivity index (χ1n) is 5.26. The van der Waals surface area contributed by atoms with Crippen LogP contribution in [-0.2, 0) is 11.3 Å². The summed E-state index contributed by atoms with van der Waals surface area (Å²) in [4.78, 5) is 13.3. The minimum atomic E-state index is 0.0562. The fraction of sp³-hybridized carbons (Fsp3) is 0.333. The van der Waals surface area contributed by atoms with Crippen LogP contribution in [0.3, 0.4) is 0 Å². The molecule has 1 aliphatic heterocycles. The van der Waals surface area contributed by atoms with Crippen LogP contribution in [0.2, 0.25) is 0 Å². The summed E-state index contributed by atoms with van der Waals surface area (Å²) in [6, 6.07) is 9.68. The molecule has 0 saturated carbocycles. The molecule has 16 heavy (non-hydrogen) atoms. The Kier molecular flexibility index (Phi) is 3.18. The van der Waals surface area contributed by atoms with Crippen molar-refractivity contribution in [3.8, 4) is 6.07 Å². The summed E-state index contributed by atoms with van der Waals surface area (Å²) in [5, 5.41) is 11.7. The zero-order chi connectivity index (χ0) is 11.4. The van der Waals surface area contributed by atoms with E-state index in [9.17, 15) is 4.79 Å². The maximum atomic E-state index is 11.2. The van der Waals surface area contributed by atoms with Crippen LogP contribution >= 0.6 is 0 Å². The van der Waals surface area contributed by atoms with Crippen LogP contribution < -0.4 is 5.32 Å². The lowest BCUT2D eigenvalue weighted by Crippen LogP contribution is -2.47. The molecular weight excluding hydrogens is 202 g/mol. The molecular formula is C12H13N3O. The molecule has 0 atom stereocenters. The summed E-state index contributed by atoms with van der Waals surface area (Å²) in [6.07, 6.45) is 0. The lowest BCUT2D eigenvalue weighted by atomic mass is 10.1. The van der Waals surface area contributed by atoms with Gasteiger partial charge >= 0.3 is 0 Å². The zero-order valence-corrected chi connectivity index (χ0v) is 8.94. The number of nitriles is 1. The lowest BCUT2D eigenvalue weighted by molar-refractivity contribution is -0.124. The molecule has 1 aromatic carbocycles. The molecule has 82 valence electrons. The predicted molar refractivity (Wildman–Crippen MR) is 59.4 cm³/mol. The normalized spacial score (nSPS) is 16.6. The zero-order valence-electron chi connectivity index (χ0n) is 8.94. The number of piperazine rings is 1. The van der Waals surface area contributed by atoms with Gasteiger partial charge in [-0.05, 0) is 11.6 Å². The van der Waals surface area contributed by atoms with E-state index >= 15 is 0 Å². The van der Waals surface area contributed by atoms with Crippen molar-refractivity contribution in [3.05, 3.63) is 35.4 Å². The number of rotatable bonds is 2. The number of benzene rings is 1. The van der Waals surface area contributed by atoms with Gasteiger partial charge in [0.05, 0.1) is 18.2 Å². The van der Waals surface area contributed by atoms with Crippen LogP contribution in [0.15, 0.2) is 24.3 Å². The SMILES string of the molecule is N#Cc1ccccc1CN1CCNC(=O)C1. The number of hydrogen-bond donors (Lipinski definition) is 1. The van der Waals surface area contributed by atoms with Crippen molar-refractivity contribution in [2.75, 3.05) is 19.6 Å². The number of nitrogens with zero attached hydrogens (tertiary/aromatic N) is 2. The van der Waals surface area contributed by atoms with Crippen molar-refractivity contribution >= 4 is 5.91 Å². The lowest BCUT2D eigenvalue weighted by Gasteiger charge is -2.26. The second kappa shape index (κ2) is 4.77. The molecule has 4 nitrogen and oxygen atoms in total. The second-order valence-electron chi connectivity index (χ2n) is 3.83. The molecule has 0 aromatic heterocycles. The van der Waals surface area contributed by atoms with E-state index in [4.69, 9.17) is 5.26 Å². The molecule has 0 unspecified atom stereocenters. The number of amides is 1. The predicted octanol–water partition coefficient (Wildman–Crippen LogP) is 0.490.